The van der Waals surface area contributed by atoms with Crippen molar-refractivity contribution in [1.82, 2.24) is 9.97 Å². The van der Waals surface area contributed by atoms with Gasteiger partial charge in [0.15, 0.2) is 5.82 Å². The molecule has 0 radical (unpaired) electrons. The van der Waals surface area contributed by atoms with Crippen LogP contribution in [0.25, 0.3) is 11.4 Å². The molecule has 2 aromatic rings. The van der Waals surface area contributed by atoms with E-state index < -0.39 is 0 Å². The molecule has 2 rings (SSSR count). The number of nitrogens with zero attached hydrogens (tertiary/aromatic N) is 2. The van der Waals surface area contributed by atoms with Gasteiger partial charge in [-0.25, -0.2) is 9.97 Å². The van der Waals surface area contributed by atoms with Crippen molar-refractivity contribution in [2.24, 2.45) is 5.73 Å². The zero-order valence-electron chi connectivity index (χ0n) is 11.5. The van der Waals surface area contributed by atoms with Gasteiger partial charge in [-0.05, 0) is 13.3 Å². The minimum absolute atomic E-state index is 0.600. The van der Waals surface area contributed by atoms with Crippen molar-refractivity contribution in [3.8, 4) is 11.4 Å². The number of aryl methyl sites for hydroxylation is 2. The molecule has 0 bridgehead atoms. The van der Waals surface area contributed by atoms with Crippen LogP contribution in [0.1, 0.15) is 18.2 Å². The quantitative estimate of drug-likeness (QED) is 0.862. The summed E-state index contributed by atoms with van der Waals surface area (Å²) >= 11 is 0. The maximum atomic E-state index is 5.50. The maximum Gasteiger partial charge on any atom is 0.159 e. The molecular formula is C15H20N4. The summed E-state index contributed by atoms with van der Waals surface area (Å²) in [7, 11) is 0. The molecule has 0 saturated heterocycles. The van der Waals surface area contributed by atoms with Crippen molar-refractivity contribution in [1.29, 1.82) is 0 Å². The van der Waals surface area contributed by atoms with Crippen molar-refractivity contribution in [2.45, 2.75) is 20.3 Å². The van der Waals surface area contributed by atoms with E-state index in [4.69, 9.17) is 5.73 Å². The van der Waals surface area contributed by atoms with Crippen molar-refractivity contribution in [2.75, 3.05) is 18.4 Å². The molecule has 0 spiro atoms. The van der Waals surface area contributed by atoms with E-state index in [0.717, 1.165) is 35.7 Å². The zero-order chi connectivity index (χ0) is 13.7. The van der Waals surface area contributed by atoms with Gasteiger partial charge in [0.05, 0.1) is 17.6 Å². The molecule has 1 aromatic heterocycles. The Labute approximate surface area is 114 Å². The Morgan fingerprint density at radius 2 is 1.95 bits per heavy atom. The Bertz CT molecular complexity index is 534. The third-order valence-corrected chi connectivity index (χ3v) is 2.97. The van der Waals surface area contributed by atoms with E-state index in [1.165, 1.54) is 5.56 Å². The molecule has 1 aromatic carbocycles. The Morgan fingerprint density at radius 3 is 2.58 bits per heavy atom. The lowest BCUT2D eigenvalue weighted by Crippen LogP contribution is -2.15. The molecule has 0 atom stereocenters. The van der Waals surface area contributed by atoms with Crippen molar-refractivity contribution >= 4 is 5.69 Å². The number of rotatable bonds is 5. The molecule has 0 aliphatic rings. The van der Waals surface area contributed by atoms with Gasteiger partial charge < -0.3 is 11.1 Å². The SMILES string of the molecule is CCc1nc(-c2ccc(C)cc2)ncc1NCCN. The normalized spacial score (nSPS) is 10.5. The van der Waals surface area contributed by atoms with Gasteiger partial charge in [0, 0.05) is 18.7 Å². The lowest BCUT2D eigenvalue weighted by Gasteiger charge is -2.10. The van der Waals surface area contributed by atoms with E-state index in [2.05, 4.69) is 53.4 Å². The second-order valence-electron chi connectivity index (χ2n) is 4.49. The Balaban J connectivity index is 2.30. The van der Waals surface area contributed by atoms with Crippen LogP contribution in [-0.2, 0) is 6.42 Å². The second kappa shape index (κ2) is 6.29. The maximum absolute atomic E-state index is 5.50. The fourth-order valence-corrected chi connectivity index (χ4v) is 1.88. The highest BCUT2D eigenvalue weighted by Crippen LogP contribution is 2.19. The predicted molar refractivity (Wildman–Crippen MR) is 79.1 cm³/mol. The average molecular weight is 256 g/mol. The van der Waals surface area contributed by atoms with Gasteiger partial charge >= 0.3 is 0 Å². The number of anilines is 1. The Morgan fingerprint density at radius 1 is 1.21 bits per heavy atom. The molecule has 0 unspecified atom stereocenters. The molecule has 0 aliphatic carbocycles. The fraction of sp³-hybridized carbons (Fsp3) is 0.333. The van der Waals surface area contributed by atoms with Crippen LogP contribution in [0.15, 0.2) is 30.5 Å². The Hall–Kier alpha value is -1.94. The third-order valence-electron chi connectivity index (χ3n) is 2.97. The van der Waals surface area contributed by atoms with Crippen LogP contribution >= 0.6 is 0 Å². The molecule has 0 saturated carbocycles. The van der Waals surface area contributed by atoms with E-state index in [1.807, 2.05) is 6.20 Å². The Kier molecular flexibility index (Phi) is 4.47. The van der Waals surface area contributed by atoms with Crippen molar-refractivity contribution in [3.63, 3.8) is 0 Å². The molecule has 0 aliphatic heterocycles. The molecule has 19 heavy (non-hydrogen) atoms. The van der Waals surface area contributed by atoms with Crippen LogP contribution in [-0.4, -0.2) is 23.1 Å². The third kappa shape index (κ3) is 3.29. The van der Waals surface area contributed by atoms with E-state index in [0.29, 0.717) is 6.54 Å². The number of aromatic nitrogens is 2. The van der Waals surface area contributed by atoms with Crippen molar-refractivity contribution < 1.29 is 0 Å². The summed E-state index contributed by atoms with van der Waals surface area (Å²) < 4.78 is 0. The highest BCUT2D eigenvalue weighted by Gasteiger charge is 2.06. The predicted octanol–water partition coefficient (Wildman–Crippen LogP) is 2.39. The molecule has 4 nitrogen and oxygen atoms in total. The monoisotopic (exact) mass is 256 g/mol. The fourth-order valence-electron chi connectivity index (χ4n) is 1.88. The van der Waals surface area contributed by atoms with Crippen LogP contribution in [0.5, 0.6) is 0 Å². The summed E-state index contributed by atoms with van der Waals surface area (Å²) in [6, 6.07) is 8.25. The molecule has 4 heteroatoms. The number of nitrogens with one attached hydrogen (secondary N) is 1. The summed E-state index contributed by atoms with van der Waals surface area (Å²) in [6.07, 6.45) is 2.71. The first-order valence-corrected chi connectivity index (χ1v) is 6.61. The standard InChI is InChI=1S/C15H20N4/c1-3-13-14(17-9-8-16)10-18-15(19-13)12-6-4-11(2)5-7-12/h4-7,10,17H,3,8-9,16H2,1-2H3. The van der Waals surface area contributed by atoms with Crippen LogP contribution in [0.4, 0.5) is 5.69 Å². The van der Waals surface area contributed by atoms with Gasteiger partial charge in [0.25, 0.3) is 0 Å². The average Bonchev–Trinajstić information content (AvgIpc) is 2.46. The first-order chi connectivity index (χ1) is 9.24. The summed E-state index contributed by atoms with van der Waals surface area (Å²) in [4.78, 5) is 9.06. The zero-order valence-corrected chi connectivity index (χ0v) is 11.5. The number of nitrogens with two attached hydrogens (primary N) is 1. The number of benzene rings is 1. The number of hydrogen-bond acceptors (Lipinski definition) is 4. The van der Waals surface area contributed by atoms with Crippen LogP contribution in [0.3, 0.4) is 0 Å². The van der Waals surface area contributed by atoms with E-state index >= 15 is 0 Å². The van der Waals surface area contributed by atoms with Crippen LogP contribution < -0.4 is 11.1 Å². The van der Waals surface area contributed by atoms with Gasteiger partial charge in [-0.2, -0.15) is 0 Å². The summed E-state index contributed by atoms with van der Waals surface area (Å²) in [6.45, 7) is 5.50. The van der Waals surface area contributed by atoms with E-state index in [1.54, 1.807) is 0 Å². The lowest BCUT2D eigenvalue weighted by molar-refractivity contribution is 0.971. The largest absolute Gasteiger partial charge is 0.381 e. The van der Waals surface area contributed by atoms with Crippen molar-refractivity contribution in [3.05, 3.63) is 41.7 Å². The summed E-state index contributed by atoms with van der Waals surface area (Å²) in [5, 5.41) is 3.25. The van der Waals surface area contributed by atoms with E-state index in [9.17, 15) is 0 Å². The molecule has 0 amide bonds. The minimum Gasteiger partial charge on any atom is -0.381 e. The second-order valence-corrected chi connectivity index (χ2v) is 4.49. The molecular weight excluding hydrogens is 236 g/mol. The van der Waals surface area contributed by atoms with E-state index in [-0.39, 0.29) is 0 Å². The van der Waals surface area contributed by atoms with Gasteiger partial charge in [0.2, 0.25) is 0 Å². The highest BCUT2D eigenvalue weighted by atomic mass is 15.0. The topological polar surface area (TPSA) is 63.8 Å². The summed E-state index contributed by atoms with van der Waals surface area (Å²) in [5.74, 6) is 0.773. The highest BCUT2D eigenvalue weighted by molar-refractivity contribution is 5.58. The van der Waals surface area contributed by atoms with Crippen LogP contribution in [0.2, 0.25) is 0 Å². The van der Waals surface area contributed by atoms with Gasteiger partial charge in [-0.15, -0.1) is 0 Å². The minimum atomic E-state index is 0.600. The van der Waals surface area contributed by atoms with Crippen LogP contribution in [0, 0.1) is 6.92 Å². The first kappa shape index (κ1) is 13.5. The first-order valence-electron chi connectivity index (χ1n) is 6.61. The smallest absolute Gasteiger partial charge is 0.159 e. The van der Waals surface area contributed by atoms with Gasteiger partial charge in [-0.3, -0.25) is 0 Å². The molecule has 3 N–H and O–H groups in total. The van der Waals surface area contributed by atoms with Gasteiger partial charge in [0.1, 0.15) is 0 Å². The lowest BCUT2D eigenvalue weighted by atomic mass is 10.1. The molecule has 100 valence electrons. The number of hydrogen-bond donors (Lipinski definition) is 2. The van der Waals surface area contributed by atoms with Gasteiger partial charge in [-0.1, -0.05) is 36.8 Å². The molecule has 0 fully saturated rings. The summed E-state index contributed by atoms with van der Waals surface area (Å²) in [5.41, 5.74) is 9.79. The molecule has 1 heterocycles.